The number of hydrogen-bond donors (Lipinski definition) is 0. The number of nitrogens with zero attached hydrogens (tertiary/aromatic N) is 4. The molecule has 3 aliphatic rings. The van der Waals surface area contributed by atoms with Crippen LogP contribution in [-0.4, -0.2) is 9.25 Å². The first-order chi connectivity index (χ1) is 16.7. The van der Waals surface area contributed by atoms with Gasteiger partial charge in [0.25, 0.3) is 5.82 Å². The summed E-state index contributed by atoms with van der Waals surface area (Å²) in [7, 11) is 0. The zero-order valence-corrected chi connectivity index (χ0v) is 18.8. The Morgan fingerprint density at radius 1 is 0.794 bits per heavy atom. The van der Waals surface area contributed by atoms with Crippen molar-refractivity contribution < 1.29 is 14.0 Å². The largest absolute Gasteiger partial charge is 0.456 e. The molecule has 0 radical (unpaired) electrons. The molecule has 1 spiro atoms. The summed E-state index contributed by atoms with van der Waals surface area (Å²) in [5.74, 6) is 2.99. The lowest BCUT2D eigenvalue weighted by molar-refractivity contribution is -0.995. The molecule has 0 bridgehead atoms. The Balaban J connectivity index is 1.66. The Bertz CT molecular complexity index is 1920. The van der Waals surface area contributed by atoms with E-state index < -0.39 is 5.66 Å². The predicted molar refractivity (Wildman–Crippen MR) is 128 cm³/mol. The molecule has 0 fully saturated rings. The second kappa shape index (κ2) is 5.23. The monoisotopic (exact) mass is 440 g/mol. The van der Waals surface area contributed by atoms with Gasteiger partial charge in [0.05, 0.1) is 11.9 Å². The Morgan fingerprint density at radius 3 is 2.59 bits per heavy atom. The van der Waals surface area contributed by atoms with Crippen LogP contribution in [0.5, 0.6) is 11.5 Å². The van der Waals surface area contributed by atoms with E-state index in [0.29, 0.717) is 0 Å². The van der Waals surface area contributed by atoms with E-state index >= 15 is 0 Å². The lowest BCUT2D eigenvalue weighted by Gasteiger charge is -2.33. The SMILES string of the molecule is Cc1cc(C)[n+]2n1-c1cccc3c1C21c2c(ccc4c5ccccc5n(c24)-c2cccc[n+]21)O3. The number of pyridine rings is 1. The Labute approximate surface area is 195 Å². The second-order valence-electron chi connectivity index (χ2n) is 9.59. The number of para-hydroxylation sites is 1. The van der Waals surface area contributed by atoms with Crippen LogP contribution in [0.2, 0.25) is 0 Å². The highest BCUT2D eigenvalue weighted by Gasteiger charge is 2.69. The molecule has 0 saturated carbocycles. The summed E-state index contributed by atoms with van der Waals surface area (Å²) in [6.07, 6.45) is 2.23. The maximum atomic E-state index is 6.67. The third-order valence-corrected chi connectivity index (χ3v) is 7.96. The van der Waals surface area contributed by atoms with Gasteiger partial charge in [-0.15, -0.1) is 4.68 Å². The van der Waals surface area contributed by atoms with Crippen LogP contribution >= 0.6 is 0 Å². The van der Waals surface area contributed by atoms with Crippen molar-refractivity contribution in [3.63, 3.8) is 0 Å². The first kappa shape index (κ1) is 17.1. The van der Waals surface area contributed by atoms with Gasteiger partial charge in [0.2, 0.25) is 5.69 Å². The van der Waals surface area contributed by atoms with E-state index in [0.717, 1.165) is 17.3 Å². The van der Waals surface area contributed by atoms with Gasteiger partial charge < -0.3 is 4.74 Å². The van der Waals surface area contributed by atoms with Crippen LogP contribution in [0, 0.1) is 13.8 Å². The van der Waals surface area contributed by atoms with Crippen molar-refractivity contribution in [3.05, 3.63) is 108 Å². The number of hydrogen-bond acceptors (Lipinski definition) is 1. The van der Waals surface area contributed by atoms with Gasteiger partial charge in [-0.1, -0.05) is 28.9 Å². The van der Waals surface area contributed by atoms with Crippen LogP contribution in [0.15, 0.2) is 85.1 Å². The lowest BCUT2D eigenvalue weighted by atomic mass is 9.84. The van der Waals surface area contributed by atoms with Crippen LogP contribution in [0.25, 0.3) is 33.3 Å². The fourth-order valence-electron chi connectivity index (χ4n) is 6.96. The molecule has 3 aliphatic heterocycles. The van der Waals surface area contributed by atoms with Crippen molar-refractivity contribution in [1.82, 2.24) is 9.25 Å². The molecule has 5 nitrogen and oxygen atoms in total. The average Bonchev–Trinajstić information content (AvgIpc) is 3.47. The van der Waals surface area contributed by atoms with Crippen molar-refractivity contribution in [1.29, 1.82) is 0 Å². The molecule has 9 rings (SSSR count). The highest BCUT2D eigenvalue weighted by Crippen LogP contribution is 2.55. The molecule has 3 aromatic heterocycles. The van der Waals surface area contributed by atoms with Gasteiger partial charge in [-0.3, -0.25) is 0 Å². The summed E-state index contributed by atoms with van der Waals surface area (Å²) in [6, 6.07) is 28.3. The van der Waals surface area contributed by atoms with Gasteiger partial charge in [-0.05, 0) is 49.4 Å². The number of ether oxygens (including phenoxy) is 1. The summed E-state index contributed by atoms with van der Waals surface area (Å²) >= 11 is 0. The Kier molecular flexibility index (Phi) is 2.64. The van der Waals surface area contributed by atoms with Gasteiger partial charge in [0.15, 0.2) is 11.1 Å². The van der Waals surface area contributed by atoms with E-state index in [-0.39, 0.29) is 0 Å². The zero-order valence-electron chi connectivity index (χ0n) is 18.8. The third kappa shape index (κ3) is 1.54. The summed E-state index contributed by atoms with van der Waals surface area (Å²) in [5, 5.41) is 2.52. The number of fused-ring (bicyclic) bond motifs is 7. The van der Waals surface area contributed by atoms with Gasteiger partial charge in [-0.2, -0.15) is 9.13 Å². The first-order valence-corrected chi connectivity index (χ1v) is 11.7. The molecule has 0 amide bonds. The minimum Gasteiger partial charge on any atom is -0.456 e. The van der Waals surface area contributed by atoms with Crippen LogP contribution < -0.4 is 14.0 Å². The van der Waals surface area contributed by atoms with Crippen LogP contribution in [-0.2, 0) is 5.66 Å². The maximum absolute atomic E-state index is 6.67. The molecule has 6 aromatic rings. The third-order valence-electron chi connectivity index (χ3n) is 7.96. The number of rotatable bonds is 0. The molecule has 1 atom stereocenters. The van der Waals surface area contributed by atoms with Crippen molar-refractivity contribution in [2.24, 2.45) is 0 Å². The van der Waals surface area contributed by atoms with Crippen LogP contribution in [0.4, 0.5) is 0 Å². The molecule has 3 aromatic carbocycles. The molecular formula is C29H20N4O+2. The zero-order chi connectivity index (χ0) is 22.3. The molecule has 0 N–H and O–H groups in total. The van der Waals surface area contributed by atoms with Crippen molar-refractivity contribution in [2.45, 2.75) is 19.5 Å². The summed E-state index contributed by atoms with van der Waals surface area (Å²) in [6.45, 7) is 4.40. The van der Waals surface area contributed by atoms with Gasteiger partial charge in [0.1, 0.15) is 28.3 Å². The minimum absolute atomic E-state index is 0.571. The van der Waals surface area contributed by atoms with Gasteiger partial charge >= 0.3 is 5.66 Å². The predicted octanol–water partition coefficient (Wildman–Crippen LogP) is 4.80. The molecule has 160 valence electrons. The van der Waals surface area contributed by atoms with Gasteiger partial charge in [0, 0.05) is 29.8 Å². The molecule has 34 heavy (non-hydrogen) atoms. The first-order valence-electron chi connectivity index (χ1n) is 11.7. The Hall–Kier alpha value is -4.38. The van der Waals surface area contributed by atoms with E-state index in [9.17, 15) is 0 Å². The maximum Gasteiger partial charge on any atom is 0.397 e. The quantitative estimate of drug-likeness (QED) is 0.311. The Morgan fingerprint density at radius 2 is 1.65 bits per heavy atom. The summed E-state index contributed by atoms with van der Waals surface area (Å²) in [4.78, 5) is 0. The van der Waals surface area contributed by atoms with Crippen molar-refractivity contribution in [3.8, 4) is 23.0 Å². The second-order valence-corrected chi connectivity index (χ2v) is 9.59. The van der Waals surface area contributed by atoms with E-state index in [1.165, 1.54) is 50.0 Å². The van der Waals surface area contributed by atoms with Crippen LogP contribution in [0.1, 0.15) is 22.5 Å². The van der Waals surface area contributed by atoms with Crippen molar-refractivity contribution in [2.75, 3.05) is 0 Å². The fraction of sp³-hybridized carbons (Fsp3) is 0.103. The van der Waals surface area contributed by atoms with E-state index in [1.54, 1.807) is 0 Å². The average molecular weight is 441 g/mol. The highest BCUT2D eigenvalue weighted by molar-refractivity contribution is 6.11. The summed E-state index contributed by atoms with van der Waals surface area (Å²) < 4.78 is 16.4. The summed E-state index contributed by atoms with van der Waals surface area (Å²) in [5.41, 5.74) is 7.89. The minimum atomic E-state index is -0.571. The fourth-order valence-corrected chi connectivity index (χ4v) is 6.96. The molecule has 6 heterocycles. The molecular weight excluding hydrogens is 420 g/mol. The van der Waals surface area contributed by atoms with Crippen molar-refractivity contribution >= 4 is 21.8 Å². The topological polar surface area (TPSA) is 26.8 Å². The standard InChI is InChI=1S/C29H20N4O/c1-17-16-18(2)33-29-26-22(32(17)33)10-7-11-23(26)34-24-14-13-20-19-8-3-4-9-21(19)31(28(20)27(24)29)25-12-5-6-15-30(25)29/h3-16H,1-2H3/q+2. The molecule has 1 unspecified atom stereocenters. The molecule has 5 heteroatoms. The van der Waals surface area contributed by atoms with Gasteiger partial charge in [-0.25, -0.2) is 0 Å². The molecule has 0 aliphatic carbocycles. The van der Waals surface area contributed by atoms with E-state index in [2.05, 4.69) is 117 Å². The number of benzene rings is 3. The van der Waals surface area contributed by atoms with E-state index in [4.69, 9.17) is 4.74 Å². The molecule has 0 saturated heterocycles. The highest BCUT2D eigenvalue weighted by atomic mass is 16.5. The van der Waals surface area contributed by atoms with E-state index in [1.807, 2.05) is 0 Å². The van der Waals surface area contributed by atoms with Crippen LogP contribution in [0.3, 0.4) is 0 Å². The number of aryl methyl sites for hydroxylation is 2. The number of aromatic nitrogens is 4. The lowest BCUT2D eigenvalue weighted by Crippen LogP contribution is -2.77. The smallest absolute Gasteiger partial charge is 0.397 e. The normalized spacial score (nSPS) is 18.1.